The van der Waals surface area contributed by atoms with E-state index in [9.17, 15) is 4.79 Å². The number of ether oxygens (including phenoxy) is 1. The van der Waals surface area contributed by atoms with Crippen LogP contribution in [0.5, 0.6) is 5.75 Å². The van der Waals surface area contributed by atoms with Gasteiger partial charge >= 0.3 is 0 Å². The lowest BCUT2D eigenvalue weighted by molar-refractivity contribution is -0.116. The monoisotopic (exact) mass is 409 g/mol. The van der Waals surface area contributed by atoms with Crippen LogP contribution in [0.2, 0.25) is 5.02 Å². The van der Waals surface area contributed by atoms with Crippen molar-refractivity contribution in [1.29, 1.82) is 0 Å². The number of nitrogens with zero attached hydrogens (tertiary/aromatic N) is 2. The van der Waals surface area contributed by atoms with Gasteiger partial charge in [-0.3, -0.25) is 4.79 Å². The van der Waals surface area contributed by atoms with Crippen molar-refractivity contribution in [3.8, 4) is 5.75 Å². The first kappa shape index (κ1) is 18.5. The number of carbonyl (C=O) groups excluding carboxylic acids is 1. The molecule has 7 heteroatoms. The number of amidine groups is 1. The fraction of sp³-hybridized carbons (Fsp3) is 0.0952. The van der Waals surface area contributed by atoms with E-state index >= 15 is 0 Å². The topological polar surface area (TPSA) is 63.0 Å². The van der Waals surface area contributed by atoms with E-state index in [0.29, 0.717) is 28.3 Å². The van der Waals surface area contributed by atoms with Crippen molar-refractivity contribution in [1.82, 2.24) is 5.32 Å². The van der Waals surface area contributed by atoms with Crippen LogP contribution in [0.3, 0.4) is 0 Å². The standard InChI is InChI=1S/C21H16ClN3O2S/c22-18-8-4-2-6-15(18)12-27-19-10-9-14-5-1-3-7-16(14)17(19)11-23-25-21-24-20(26)13-28-21/h1-11H,12-13H2,(H,24,25,26)/b23-11+. The van der Waals surface area contributed by atoms with E-state index in [1.165, 1.54) is 11.8 Å². The molecule has 0 unspecified atom stereocenters. The van der Waals surface area contributed by atoms with Crippen LogP contribution in [0, 0.1) is 0 Å². The van der Waals surface area contributed by atoms with E-state index in [4.69, 9.17) is 16.3 Å². The molecule has 1 amide bonds. The Morgan fingerprint density at radius 2 is 1.93 bits per heavy atom. The molecule has 0 aliphatic carbocycles. The number of benzene rings is 3. The predicted molar refractivity (Wildman–Crippen MR) is 115 cm³/mol. The maximum Gasteiger partial charge on any atom is 0.236 e. The van der Waals surface area contributed by atoms with Gasteiger partial charge in [0.15, 0.2) is 5.17 Å². The van der Waals surface area contributed by atoms with Gasteiger partial charge in [0.05, 0.1) is 12.0 Å². The summed E-state index contributed by atoms with van der Waals surface area (Å²) in [6.45, 7) is 0.347. The van der Waals surface area contributed by atoms with Crippen molar-refractivity contribution in [3.63, 3.8) is 0 Å². The number of halogens is 1. The average Bonchev–Trinajstić information content (AvgIpc) is 3.13. The van der Waals surface area contributed by atoms with E-state index in [1.54, 1.807) is 6.21 Å². The zero-order valence-electron chi connectivity index (χ0n) is 14.8. The van der Waals surface area contributed by atoms with Gasteiger partial charge < -0.3 is 10.1 Å². The lowest BCUT2D eigenvalue weighted by Gasteiger charge is -2.12. The highest BCUT2D eigenvalue weighted by Crippen LogP contribution is 2.28. The molecule has 1 N–H and O–H groups in total. The Hall–Kier alpha value is -2.83. The Kier molecular flexibility index (Phi) is 5.60. The Morgan fingerprint density at radius 3 is 2.75 bits per heavy atom. The van der Waals surface area contributed by atoms with Gasteiger partial charge in [0.25, 0.3) is 0 Å². The smallest absolute Gasteiger partial charge is 0.236 e. The van der Waals surface area contributed by atoms with Crippen molar-refractivity contribution >= 4 is 51.4 Å². The molecule has 0 spiro atoms. The van der Waals surface area contributed by atoms with Gasteiger partial charge in [-0.2, -0.15) is 5.10 Å². The molecule has 3 aromatic rings. The van der Waals surface area contributed by atoms with E-state index in [2.05, 4.69) is 15.5 Å². The molecule has 0 bridgehead atoms. The van der Waals surface area contributed by atoms with Gasteiger partial charge in [-0.15, -0.1) is 5.10 Å². The number of hydrogen-bond donors (Lipinski definition) is 1. The second-order valence-corrected chi connectivity index (χ2v) is 7.44. The summed E-state index contributed by atoms with van der Waals surface area (Å²) in [7, 11) is 0. The molecule has 0 atom stereocenters. The fourth-order valence-corrected chi connectivity index (χ4v) is 3.64. The summed E-state index contributed by atoms with van der Waals surface area (Å²) in [5.74, 6) is 0.994. The summed E-state index contributed by atoms with van der Waals surface area (Å²) in [4.78, 5) is 11.3. The number of amides is 1. The van der Waals surface area contributed by atoms with Gasteiger partial charge in [-0.25, -0.2) is 0 Å². The third-order valence-corrected chi connectivity index (χ3v) is 5.43. The minimum absolute atomic E-state index is 0.0622. The lowest BCUT2D eigenvalue weighted by atomic mass is 10.0. The summed E-state index contributed by atoms with van der Waals surface area (Å²) in [6.07, 6.45) is 1.66. The van der Waals surface area contributed by atoms with E-state index in [-0.39, 0.29) is 5.91 Å². The number of carbonyl (C=O) groups is 1. The Balaban J connectivity index is 1.65. The molecule has 4 rings (SSSR count). The molecular formula is C21H16ClN3O2S. The highest BCUT2D eigenvalue weighted by atomic mass is 35.5. The maximum absolute atomic E-state index is 11.3. The summed E-state index contributed by atoms with van der Waals surface area (Å²) in [5.41, 5.74) is 1.73. The van der Waals surface area contributed by atoms with Gasteiger partial charge in [0.2, 0.25) is 5.91 Å². The van der Waals surface area contributed by atoms with Crippen LogP contribution in [0.25, 0.3) is 10.8 Å². The molecule has 1 fully saturated rings. The lowest BCUT2D eigenvalue weighted by Crippen LogP contribution is -2.19. The third-order valence-electron chi connectivity index (χ3n) is 4.19. The minimum atomic E-state index is -0.0622. The van der Waals surface area contributed by atoms with Crippen LogP contribution in [0.1, 0.15) is 11.1 Å². The number of nitrogens with one attached hydrogen (secondary N) is 1. The van der Waals surface area contributed by atoms with Gasteiger partial charge in [-0.05, 0) is 22.9 Å². The number of fused-ring (bicyclic) bond motifs is 1. The molecule has 3 aromatic carbocycles. The molecule has 28 heavy (non-hydrogen) atoms. The first-order valence-corrected chi connectivity index (χ1v) is 9.99. The van der Waals surface area contributed by atoms with Crippen LogP contribution in [0.4, 0.5) is 0 Å². The van der Waals surface area contributed by atoms with Gasteiger partial charge in [-0.1, -0.05) is 71.9 Å². The molecule has 0 aromatic heterocycles. The SMILES string of the molecule is O=C1CS/C(=N\N=C\c2c(OCc3ccccc3Cl)ccc3ccccc23)N1. The van der Waals surface area contributed by atoms with E-state index < -0.39 is 0 Å². The van der Waals surface area contributed by atoms with E-state index in [0.717, 1.165) is 21.9 Å². The van der Waals surface area contributed by atoms with E-state index in [1.807, 2.05) is 60.7 Å². The normalized spacial score (nSPS) is 15.5. The van der Waals surface area contributed by atoms with Crippen molar-refractivity contribution < 1.29 is 9.53 Å². The summed E-state index contributed by atoms with van der Waals surface area (Å²) >= 11 is 7.56. The molecule has 1 aliphatic rings. The maximum atomic E-state index is 11.3. The first-order valence-electron chi connectivity index (χ1n) is 8.62. The fourth-order valence-electron chi connectivity index (χ4n) is 2.82. The zero-order valence-corrected chi connectivity index (χ0v) is 16.3. The van der Waals surface area contributed by atoms with Gasteiger partial charge in [0.1, 0.15) is 12.4 Å². The number of rotatable bonds is 5. The molecule has 0 saturated carbocycles. The Labute approximate surface area is 171 Å². The average molecular weight is 410 g/mol. The summed E-state index contributed by atoms with van der Waals surface area (Å²) in [5, 5.41) is 14.2. The van der Waals surface area contributed by atoms with Crippen LogP contribution in [-0.2, 0) is 11.4 Å². The third kappa shape index (κ3) is 4.18. The molecule has 1 aliphatic heterocycles. The summed E-state index contributed by atoms with van der Waals surface area (Å²) < 4.78 is 6.05. The Bertz CT molecular complexity index is 1100. The molecule has 1 heterocycles. The predicted octanol–water partition coefficient (Wildman–Crippen LogP) is 4.63. The van der Waals surface area contributed by atoms with Crippen molar-refractivity contribution in [3.05, 3.63) is 76.8 Å². The van der Waals surface area contributed by atoms with Crippen molar-refractivity contribution in [2.24, 2.45) is 10.2 Å². The molecule has 1 saturated heterocycles. The highest BCUT2D eigenvalue weighted by Gasteiger charge is 2.16. The second kappa shape index (κ2) is 8.46. The molecular weight excluding hydrogens is 394 g/mol. The van der Waals surface area contributed by atoms with Gasteiger partial charge in [0, 0.05) is 16.1 Å². The van der Waals surface area contributed by atoms with Crippen LogP contribution >= 0.6 is 23.4 Å². The van der Waals surface area contributed by atoms with Crippen molar-refractivity contribution in [2.75, 3.05) is 5.75 Å². The largest absolute Gasteiger partial charge is 0.488 e. The van der Waals surface area contributed by atoms with Crippen LogP contribution < -0.4 is 10.1 Å². The van der Waals surface area contributed by atoms with Crippen LogP contribution in [-0.4, -0.2) is 23.0 Å². The Morgan fingerprint density at radius 1 is 1.11 bits per heavy atom. The number of thioether (sulfide) groups is 1. The molecule has 0 radical (unpaired) electrons. The first-order chi connectivity index (χ1) is 13.7. The zero-order chi connectivity index (χ0) is 19.3. The molecule has 140 valence electrons. The minimum Gasteiger partial charge on any atom is -0.488 e. The quantitative estimate of drug-likeness (QED) is 0.493. The second-order valence-electron chi connectivity index (χ2n) is 6.07. The number of hydrogen-bond acceptors (Lipinski definition) is 5. The van der Waals surface area contributed by atoms with Crippen LogP contribution in [0.15, 0.2) is 70.9 Å². The van der Waals surface area contributed by atoms with Crippen molar-refractivity contribution in [2.45, 2.75) is 6.61 Å². The highest BCUT2D eigenvalue weighted by molar-refractivity contribution is 8.15. The molecule has 5 nitrogen and oxygen atoms in total. The summed E-state index contributed by atoms with van der Waals surface area (Å²) in [6, 6.07) is 19.5.